The monoisotopic (exact) mass is 565 g/mol. The lowest BCUT2D eigenvalue weighted by Crippen LogP contribution is -2.32. The molecule has 2 N–H and O–H groups in total. The van der Waals surface area contributed by atoms with E-state index in [0.717, 1.165) is 22.8 Å². The predicted molar refractivity (Wildman–Crippen MR) is 164 cm³/mol. The zero-order valence-corrected chi connectivity index (χ0v) is 25.1. The molecule has 0 fully saturated rings. The van der Waals surface area contributed by atoms with Crippen molar-refractivity contribution in [3.63, 3.8) is 0 Å². The third-order valence-electron chi connectivity index (χ3n) is 6.49. The van der Waals surface area contributed by atoms with Gasteiger partial charge in [0.1, 0.15) is 11.6 Å². The molecule has 0 saturated carbocycles. The highest BCUT2D eigenvalue weighted by Crippen LogP contribution is 2.29. The maximum atomic E-state index is 12.6. The Morgan fingerprint density at radius 1 is 0.643 bits per heavy atom. The number of anilines is 2. The number of carbonyl (C=O) groups excluding carboxylic acids is 2. The summed E-state index contributed by atoms with van der Waals surface area (Å²) in [4.78, 5) is 46.4. The number of nitrogens with one attached hydrogen (secondary N) is 2. The van der Waals surface area contributed by atoms with Crippen molar-refractivity contribution in [3.05, 3.63) is 108 Å². The number of pyridine rings is 4. The largest absolute Gasteiger partial charge is 0.310 e. The number of amides is 2. The van der Waals surface area contributed by atoms with E-state index >= 15 is 0 Å². The van der Waals surface area contributed by atoms with Gasteiger partial charge in [-0.05, 0) is 48.5 Å². The van der Waals surface area contributed by atoms with E-state index in [4.69, 9.17) is 19.9 Å². The molecule has 0 saturated heterocycles. The molecule has 0 aliphatic carbocycles. The minimum absolute atomic E-state index is 0.109. The summed E-state index contributed by atoms with van der Waals surface area (Å²) in [5.74, 6) is 0.763. The van der Waals surface area contributed by atoms with Gasteiger partial charge in [0, 0.05) is 36.3 Å². The fourth-order valence-electron chi connectivity index (χ4n) is 4.14. The second-order valence-electron chi connectivity index (χ2n) is 12.3. The lowest BCUT2D eigenvalue weighted by Gasteiger charge is -2.31. The topological polar surface area (TPSA) is 113 Å². The van der Waals surface area contributed by atoms with Crippen molar-refractivity contribution in [1.82, 2.24) is 24.8 Å². The number of hydrogen-bond acceptors (Lipinski definition) is 7. The van der Waals surface area contributed by atoms with Gasteiger partial charge < -0.3 is 10.6 Å². The Morgan fingerprint density at radius 2 is 1.07 bits per heavy atom. The average Bonchev–Trinajstić information content (AvgIpc) is 2.94. The van der Waals surface area contributed by atoms with Crippen LogP contribution in [0.15, 0.2) is 85.2 Å². The first kappa shape index (κ1) is 30.5. The Labute approximate surface area is 247 Å². The quantitative estimate of drug-likeness (QED) is 0.255. The minimum Gasteiger partial charge on any atom is -0.310 e. The summed E-state index contributed by atoms with van der Waals surface area (Å²) in [5.41, 5.74) is 2.07. The molecule has 9 nitrogen and oxygen atoms in total. The first-order valence-corrected chi connectivity index (χ1v) is 14.0. The molecule has 0 atom stereocenters. The van der Waals surface area contributed by atoms with Crippen LogP contribution < -0.4 is 10.6 Å². The smallest absolute Gasteiger partial charge is 0.230 e. The second-order valence-corrected chi connectivity index (χ2v) is 12.3. The van der Waals surface area contributed by atoms with Gasteiger partial charge in [-0.3, -0.25) is 24.5 Å². The van der Waals surface area contributed by atoms with E-state index in [0.29, 0.717) is 24.7 Å². The summed E-state index contributed by atoms with van der Waals surface area (Å²) < 4.78 is 0. The zero-order valence-electron chi connectivity index (χ0n) is 25.1. The van der Waals surface area contributed by atoms with Crippen LogP contribution in [0.4, 0.5) is 11.6 Å². The fraction of sp³-hybridized carbons (Fsp3) is 0.333. The van der Waals surface area contributed by atoms with Gasteiger partial charge in [0.05, 0.1) is 28.8 Å². The molecule has 218 valence electrons. The summed E-state index contributed by atoms with van der Waals surface area (Å²) in [5, 5.41) is 5.86. The third-order valence-corrected chi connectivity index (χ3v) is 6.49. The molecule has 2 amide bonds. The molecule has 0 aliphatic heterocycles. The SMILES string of the molecule is CC(C)(C)C(=O)Nc1cccc(CN(Cc2cccc(NC(=O)C(C)(C)C)n2)C(c2ccccn2)c2ccccn2)n1. The van der Waals surface area contributed by atoms with E-state index in [1.807, 2.05) is 102 Å². The Morgan fingerprint density at radius 3 is 1.43 bits per heavy atom. The zero-order chi connectivity index (χ0) is 30.3. The lowest BCUT2D eigenvalue weighted by molar-refractivity contribution is -0.123. The highest BCUT2D eigenvalue weighted by Gasteiger charge is 2.27. The van der Waals surface area contributed by atoms with Crippen LogP contribution >= 0.6 is 0 Å². The van der Waals surface area contributed by atoms with Crippen LogP contribution in [0.25, 0.3) is 0 Å². The van der Waals surface area contributed by atoms with Gasteiger partial charge in [0.15, 0.2) is 0 Å². The molecular weight excluding hydrogens is 526 g/mol. The Hall–Kier alpha value is -4.50. The summed E-state index contributed by atoms with van der Waals surface area (Å²) in [6, 6.07) is 22.5. The lowest BCUT2D eigenvalue weighted by atomic mass is 9.96. The van der Waals surface area contributed by atoms with Crippen LogP contribution in [0.3, 0.4) is 0 Å². The van der Waals surface area contributed by atoms with Crippen molar-refractivity contribution in [2.24, 2.45) is 10.8 Å². The van der Waals surface area contributed by atoms with Crippen LogP contribution in [-0.2, 0) is 22.7 Å². The van der Waals surface area contributed by atoms with Crippen molar-refractivity contribution in [3.8, 4) is 0 Å². The number of aromatic nitrogens is 4. The van der Waals surface area contributed by atoms with Gasteiger partial charge in [0.2, 0.25) is 11.8 Å². The minimum atomic E-state index is -0.550. The molecule has 4 aromatic rings. The summed E-state index contributed by atoms with van der Waals surface area (Å²) in [7, 11) is 0. The molecule has 0 radical (unpaired) electrons. The van der Waals surface area contributed by atoms with Crippen molar-refractivity contribution < 1.29 is 9.59 Å². The van der Waals surface area contributed by atoms with Gasteiger partial charge in [-0.2, -0.15) is 0 Å². The molecule has 0 unspecified atom stereocenters. The maximum Gasteiger partial charge on any atom is 0.230 e. The normalized spacial score (nSPS) is 11.9. The second kappa shape index (κ2) is 13.0. The van der Waals surface area contributed by atoms with E-state index in [1.165, 1.54) is 0 Å². The third kappa shape index (κ3) is 8.27. The Bertz CT molecular complexity index is 1380. The molecule has 0 bridgehead atoms. The first-order valence-electron chi connectivity index (χ1n) is 14.0. The number of hydrogen-bond donors (Lipinski definition) is 2. The standard InChI is InChI=1S/C33H39N7O2/c1-32(2,3)30(41)38-27-17-11-13-23(36-27)21-40(22-24-14-12-18-28(37-24)39-31(42)33(4,5)6)29(25-15-7-9-19-34-25)26-16-8-10-20-35-26/h7-20,29H,21-22H2,1-6H3,(H,36,38,41)(H,37,39,42). The molecule has 0 aromatic carbocycles. The molecule has 42 heavy (non-hydrogen) atoms. The van der Waals surface area contributed by atoms with Crippen LogP contribution in [0.1, 0.15) is 70.4 Å². The molecule has 4 aromatic heterocycles. The first-order chi connectivity index (χ1) is 19.9. The average molecular weight is 566 g/mol. The maximum absolute atomic E-state index is 12.6. The van der Waals surface area contributed by atoms with Crippen LogP contribution in [-0.4, -0.2) is 36.7 Å². The van der Waals surface area contributed by atoms with Crippen LogP contribution in [0.2, 0.25) is 0 Å². The molecule has 0 spiro atoms. The highest BCUT2D eigenvalue weighted by atomic mass is 16.2. The van der Waals surface area contributed by atoms with Crippen molar-refractivity contribution in [2.75, 3.05) is 10.6 Å². The number of carbonyl (C=O) groups is 2. The molecular formula is C33H39N7O2. The van der Waals surface area contributed by atoms with Crippen molar-refractivity contribution in [1.29, 1.82) is 0 Å². The summed E-state index contributed by atoms with van der Waals surface area (Å²) >= 11 is 0. The van der Waals surface area contributed by atoms with Gasteiger partial charge in [-0.25, -0.2) is 9.97 Å². The van der Waals surface area contributed by atoms with Gasteiger partial charge in [-0.1, -0.05) is 65.8 Å². The predicted octanol–water partition coefficient (Wildman–Crippen LogP) is 6.03. The van der Waals surface area contributed by atoms with Crippen molar-refractivity contribution in [2.45, 2.75) is 60.7 Å². The van der Waals surface area contributed by atoms with Crippen LogP contribution in [0, 0.1) is 10.8 Å². The summed E-state index contributed by atoms with van der Waals surface area (Å²) in [6.07, 6.45) is 3.54. The van der Waals surface area contributed by atoms with E-state index in [1.54, 1.807) is 24.5 Å². The Kier molecular flexibility index (Phi) is 9.42. The van der Waals surface area contributed by atoms with E-state index < -0.39 is 10.8 Å². The van der Waals surface area contributed by atoms with Gasteiger partial charge in [-0.15, -0.1) is 0 Å². The van der Waals surface area contributed by atoms with Gasteiger partial charge in [0.25, 0.3) is 0 Å². The molecule has 4 heterocycles. The fourth-order valence-corrected chi connectivity index (χ4v) is 4.14. The van der Waals surface area contributed by atoms with Gasteiger partial charge >= 0.3 is 0 Å². The molecule has 4 rings (SSSR count). The van der Waals surface area contributed by atoms with E-state index in [2.05, 4.69) is 15.5 Å². The summed E-state index contributed by atoms with van der Waals surface area (Å²) in [6.45, 7) is 12.0. The Balaban J connectivity index is 1.72. The van der Waals surface area contributed by atoms with Crippen molar-refractivity contribution >= 4 is 23.5 Å². The molecule has 0 aliphatic rings. The highest BCUT2D eigenvalue weighted by molar-refractivity contribution is 5.94. The van der Waals surface area contributed by atoms with E-state index in [-0.39, 0.29) is 17.9 Å². The number of rotatable bonds is 9. The van der Waals surface area contributed by atoms with E-state index in [9.17, 15) is 9.59 Å². The van der Waals surface area contributed by atoms with Crippen LogP contribution in [0.5, 0.6) is 0 Å². The number of nitrogens with zero attached hydrogens (tertiary/aromatic N) is 5. The molecule has 9 heteroatoms.